The second-order valence-corrected chi connectivity index (χ2v) is 9.27. The molecule has 12 N–H and O–H groups in total. The molecule has 1 aliphatic rings. The molecule has 1 saturated heterocycles. The summed E-state index contributed by atoms with van der Waals surface area (Å²) in [5, 5.41) is 36.7. The number of rotatable bonds is 12. The van der Waals surface area contributed by atoms with Crippen molar-refractivity contribution >= 4 is 23.8 Å². The van der Waals surface area contributed by atoms with Crippen LogP contribution in [0.4, 0.5) is 0 Å². The molecule has 0 saturated carbocycles. The van der Waals surface area contributed by atoms with Crippen molar-refractivity contribution in [3.05, 3.63) is 0 Å². The molecule has 2 amide bonds. The Hall–Kier alpha value is -2.36. The van der Waals surface area contributed by atoms with Gasteiger partial charge in [0, 0.05) is 91.1 Å². The van der Waals surface area contributed by atoms with Crippen molar-refractivity contribution in [2.75, 3.05) is 65.4 Å². The first-order valence-electron chi connectivity index (χ1n) is 12.4. The summed E-state index contributed by atoms with van der Waals surface area (Å²) in [7, 11) is 0. The smallest absolute Gasteiger partial charge is 0.303 e. The molecule has 14 nitrogen and oxygen atoms in total. The van der Waals surface area contributed by atoms with E-state index in [0.717, 1.165) is 0 Å². The molecular formula is C22H44N8O6. The van der Waals surface area contributed by atoms with Crippen LogP contribution in [0.25, 0.3) is 0 Å². The van der Waals surface area contributed by atoms with Crippen molar-refractivity contribution in [1.82, 2.24) is 31.9 Å². The molecule has 1 aliphatic heterocycles. The lowest BCUT2D eigenvalue weighted by atomic mass is 9.97. The first-order chi connectivity index (χ1) is 17.2. The van der Waals surface area contributed by atoms with Crippen LogP contribution < -0.4 is 43.4 Å². The maximum absolute atomic E-state index is 12.4. The predicted molar refractivity (Wildman–Crippen MR) is 134 cm³/mol. The molecule has 0 bridgehead atoms. The fourth-order valence-electron chi connectivity index (χ4n) is 3.87. The van der Waals surface area contributed by atoms with Crippen molar-refractivity contribution in [1.29, 1.82) is 0 Å². The summed E-state index contributed by atoms with van der Waals surface area (Å²) in [6, 6.07) is 0. The van der Waals surface area contributed by atoms with Crippen LogP contribution in [0.2, 0.25) is 0 Å². The van der Waals surface area contributed by atoms with Crippen LogP contribution in [0.5, 0.6) is 0 Å². The van der Waals surface area contributed by atoms with Crippen molar-refractivity contribution < 1.29 is 29.4 Å². The fourth-order valence-corrected chi connectivity index (χ4v) is 3.87. The SMILES string of the molecule is NCC1(NC(=O)CCCC(=O)O)CNCCNCC(CN)(NC(=O)CCCC(=O)O)CNCCNC1. The quantitative estimate of drug-likeness (QED) is 0.122. The van der Waals surface area contributed by atoms with Gasteiger partial charge in [0.2, 0.25) is 11.8 Å². The van der Waals surface area contributed by atoms with Gasteiger partial charge in [0.15, 0.2) is 0 Å². The van der Waals surface area contributed by atoms with Crippen molar-refractivity contribution in [3.63, 3.8) is 0 Å². The number of carboxylic acid groups (broad SMARTS) is 2. The monoisotopic (exact) mass is 516 g/mol. The zero-order valence-electron chi connectivity index (χ0n) is 21.0. The number of hydrogen-bond acceptors (Lipinski definition) is 10. The Morgan fingerprint density at radius 3 is 1.17 bits per heavy atom. The van der Waals surface area contributed by atoms with E-state index in [1.54, 1.807) is 0 Å². The highest BCUT2D eigenvalue weighted by atomic mass is 16.4. The topological polar surface area (TPSA) is 233 Å². The number of carboxylic acids is 2. The van der Waals surface area contributed by atoms with Crippen LogP contribution in [-0.4, -0.2) is 110 Å². The van der Waals surface area contributed by atoms with E-state index in [2.05, 4.69) is 31.9 Å². The molecule has 0 aromatic heterocycles. The highest BCUT2D eigenvalue weighted by Crippen LogP contribution is 2.06. The predicted octanol–water partition coefficient (Wildman–Crippen LogP) is -3.50. The average Bonchev–Trinajstić information content (AvgIpc) is 2.82. The first-order valence-corrected chi connectivity index (χ1v) is 12.4. The van der Waals surface area contributed by atoms with Crippen LogP contribution in [0.3, 0.4) is 0 Å². The van der Waals surface area contributed by atoms with E-state index in [4.69, 9.17) is 21.7 Å². The average molecular weight is 517 g/mol. The number of hydrogen-bond donors (Lipinski definition) is 10. The second-order valence-electron chi connectivity index (χ2n) is 9.27. The van der Waals surface area contributed by atoms with Gasteiger partial charge in [0.05, 0.1) is 11.1 Å². The summed E-state index contributed by atoms with van der Waals surface area (Å²) >= 11 is 0. The van der Waals surface area contributed by atoms with Gasteiger partial charge in [-0.05, 0) is 12.8 Å². The van der Waals surface area contributed by atoms with Crippen LogP contribution >= 0.6 is 0 Å². The maximum atomic E-state index is 12.4. The van der Waals surface area contributed by atoms with Gasteiger partial charge in [-0.25, -0.2) is 0 Å². The molecule has 1 rings (SSSR count). The van der Waals surface area contributed by atoms with E-state index in [0.29, 0.717) is 52.4 Å². The molecule has 208 valence electrons. The Bertz CT molecular complexity index is 634. The van der Waals surface area contributed by atoms with E-state index in [1.165, 1.54) is 0 Å². The number of nitrogens with one attached hydrogen (secondary N) is 6. The van der Waals surface area contributed by atoms with E-state index in [9.17, 15) is 19.2 Å². The number of nitrogens with two attached hydrogens (primary N) is 2. The van der Waals surface area contributed by atoms with Gasteiger partial charge in [-0.15, -0.1) is 0 Å². The van der Waals surface area contributed by atoms with Gasteiger partial charge in [-0.1, -0.05) is 0 Å². The molecule has 1 fully saturated rings. The first kappa shape index (κ1) is 31.7. The highest BCUT2D eigenvalue weighted by Gasteiger charge is 2.32. The molecule has 0 aromatic carbocycles. The van der Waals surface area contributed by atoms with Gasteiger partial charge in [0.1, 0.15) is 0 Å². The number of aliphatic carboxylic acids is 2. The van der Waals surface area contributed by atoms with E-state index >= 15 is 0 Å². The molecule has 14 heteroatoms. The normalized spacial score (nSPS) is 24.3. The van der Waals surface area contributed by atoms with Gasteiger partial charge in [-0.3, -0.25) is 19.2 Å². The standard InChI is InChI=1S/C22H44N8O6/c23-11-21(29-17(31)3-1-5-19(33)34)13-25-7-9-27-15-22(12-24,16-28-10-8-26-14-21)30-18(32)4-2-6-20(35)36/h25-28H,1-16,23-24H2,(H,29,31)(H,30,32)(H,33,34)(H,35,36). The van der Waals surface area contributed by atoms with Crippen LogP contribution in [0.1, 0.15) is 38.5 Å². The summed E-state index contributed by atoms with van der Waals surface area (Å²) in [5.74, 6) is -2.35. The number of carbonyl (C=O) groups is 4. The lowest BCUT2D eigenvalue weighted by Crippen LogP contribution is -2.66. The van der Waals surface area contributed by atoms with Crippen molar-refractivity contribution in [2.24, 2.45) is 11.5 Å². The maximum Gasteiger partial charge on any atom is 0.303 e. The minimum Gasteiger partial charge on any atom is -0.481 e. The van der Waals surface area contributed by atoms with Crippen molar-refractivity contribution in [2.45, 2.75) is 49.6 Å². The Labute approximate surface area is 212 Å². The molecule has 1 heterocycles. The molecule has 0 unspecified atom stereocenters. The third kappa shape index (κ3) is 13.1. The van der Waals surface area contributed by atoms with Crippen LogP contribution in [0.15, 0.2) is 0 Å². The third-order valence-corrected chi connectivity index (χ3v) is 5.99. The summed E-state index contributed by atoms with van der Waals surface area (Å²) in [5.41, 5.74) is 10.6. The van der Waals surface area contributed by atoms with Crippen LogP contribution in [0, 0.1) is 0 Å². The van der Waals surface area contributed by atoms with Crippen molar-refractivity contribution in [3.8, 4) is 0 Å². The number of amides is 2. The van der Waals surface area contributed by atoms with E-state index in [1.807, 2.05) is 0 Å². The zero-order valence-corrected chi connectivity index (χ0v) is 21.0. The molecule has 0 aliphatic carbocycles. The third-order valence-electron chi connectivity index (χ3n) is 5.99. The Kier molecular flexibility index (Phi) is 15.1. The molecular weight excluding hydrogens is 472 g/mol. The highest BCUT2D eigenvalue weighted by molar-refractivity contribution is 5.78. The largest absolute Gasteiger partial charge is 0.481 e. The summed E-state index contributed by atoms with van der Waals surface area (Å²) < 4.78 is 0. The Morgan fingerprint density at radius 2 is 0.917 bits per heavy atom. The summed E-state index contributed by atoms with van der Waals surface area (Å²) in [4.78, 5) is 46.2. The fraction of sp³-hybridized carbons (Fsp3) is 0.818. The molecule has 0 radical (unpaired) electrons. The molecule has 0 atom stereocenters. The van der Waals surface area contributed by atoms with Gasteiger partial charge >= 0.3 is 11.9 Å². The van der Waals surface area contributed by atoms with Gasteiger partial charge in [0.25, 0.3) is 0 Å². The van der Waals surface area contributed by atoms with E-state index < -0.39 is 23.0 Å². The Balaban J connectivity index is 2.68. The summed E-state index contributed by atoms with van der Waals surface area (Å²) in [6.07, 6.45) is 0.611. The van der Waals surface area contributed by atoms with Crippen LogP contribution in [-0.2, 0) is 19.2 Å². The van der Waals surface area contributed by atoms with E-state index in [-0.39, 0.29) is 63.4 Å². The van der Waals surface area contributed by atoms with Gasteiger partial charge < -0.3 is 53.6 Å². The molecule has 0 aromatic rings. The zero-order chi connectivity index (χ0) is 26.9. The molecule has 36 heavy (non-hydrogen) atoms. The Morgan fingerprint density at radius 1 is 0.611 bits per heavy atom. The minimum absolute atomic E-state index is 0.0655. The minimum atomic E-state index is -0.936. The number of carbonyl (C=O) groups excluding carboxylic acids is 2. The molecule has 0 spiro atoms. The lowest BCUT2D eigenvalue weighted by molar-refractivity contribution is -0.138. The van der Waals surface area contributed by atoms with Gasteiger partial charge in [-0.2, -0.15) is 0 Å². The summed E-state index contributed by atoms with van der Waals surface area (Å²) in [6.45, 7) is 4.32. The second kappa shape index (κ2) is 17.2. The lowest BCUT2D eigenvalue weighted by Gasteiger charge is -2.36.